The van der Waals surface area contributed by atoms with Gasteiger partial charge in [0.15, 0.2) is 0 Å². The zero-order valence-electron chi connectivity index (χ0n) is 10.4. The highest BCUT2D eigenvalue weighted by atomic mass is 16.5. The van der Waals surface area contributed by atoms with Crippen molar-refractivity contribution in [1.29, 1.82) is 0 Å². The maximum Gasteiger partial charge on any atom is 0.341 e. The van der Waals surface area contributed by atoms with Gasteiger partial charge in [-0.2, -0.15) is 0 Å². The highest BCUT2D eigenvalue weighted by Gasteiger charge is 2.32. The number of carbonyl (C=O) groups excluding carboxylic acids is 1. The van der Waals surface area contributed by atoms with E-state index in [4.69, 9.17) is 9.84 Å². The smallest absolute Gasteiger partial charge is 0.341 e. The van der Waals surface area contributed by atoms with Crippen molar-refractivity contribution >= 4 is 17.7 Å². The molecule has 0 spiro atoms. The third kappa shape index (κ3) is 2.63. The van der Waals surface area contributed by atoms with Crippen LogP contribution in [0.3, 0.4) is 0 Å². The Kier molecular flexibility index (Phi) is 3.91. The number of aromatic carboxylic acids is 1. The summed E-state index contributed by atoms with van der Waals surface area (Å²) in [6.07, 6.45) is 2.49. The van der Waals surface area contributed by atoms with Crippen LogP contribution in [0.25, 0.3) is 0 Å². The topological polar surface area (TPSA) is 105 Å². The Bertz CT molecular complexity index is 493. The number of nitrogens with one attached hydrogen (secondary N) is 1. The van der Waals surface area contributed by atoms with Crippen molar-refractivity contribution in [2.24, 2.45) is 0 Å². The third-order valence-electron chi connectivity index (χ3n) is 2.87. The first-order chi connectivity index (χ1) is 9.15. The number of morpholine rings is 1. The van der Waals surface area contributed by atoms with E-state index in [0.717, 1.165) is 0 Å². The van der Waals surface area contributed by atoms with Crippen molar-refractivity contribution < 1.29 is 19.4 Å². The van der Waals surface area contributed by atoms with Crippen molar-refractivity contribution in [3.63, 3.8) is 0 Å². The highest BCUT2D eigenvalue weighted by Crippen LogP contribution is 2.21. The Morgan fingerprint density at radius 1 is 1.58 bits per heavy atom. The molecule has 1 aromatic heterocycles. The second-order valence-corrected chi connectivity index (χ2v) is 3.96. The van der Waals surface area contributed by atoms with Gasteiger partial charge < -0.3 is 20.1 Å². The van der Waals surface area contributed by atoms with Crippen LogP contribution < -0.4 is 10.2 Å². The van der Waals surface area contributed by atoms with Gasteiger partial charge in [-0.3, -0.25) is 4.79 Å². The number of rotatable bonds is 3. The molecule has 19 heavy (non-hydrogen) atoms. The maximum atomic E-state index is 11.8. The number of likely N-dealkylation sites (N-methyl/N-ethyl adjacent to an activating group) is 1. The molecule has 0 aliphatic carbocycles. The molecular weight excluding hydrogens is 252 g/mol. The van der Waals surface area contributed by atoms with Crippen molar-refractivity contribution in [3.05, 3.63) is 18.1 Å². The van der Waals surface area contributed by atoms with E-state index in [1.807, 2.05) is 0 Å². The molecule has 1 saturated heterocycles. The number of anilines is 1. The SMILES string of the molecule is CNC(=O)C1COCCN1c1ncncc1C(=O)O. The van der Waals surface area contributed by atoms with E-state index in [0.29, 0.717) is 13.2 Å². The number of carboxylic acid groups (broad SMARTS) is 1. The molecule has 2 rings (SSSR count). The van der Waals surface area contributed by atoms with Crippen LogP contribution in [-0.2, 0) is 9.53 Å². The van der Waals surface area contributed by atoms with E-state index >= 15 is 0 Å². The zero-order valence-corrected chi connectivity index (χ0v) is 10.4. The Morgan fingerprint density at radius 3 is 3.05 bits per heavy atom. The molecule has 8 heteroatoms. The van der Waals surface area contributed by atoms with Gasteiger partial charge in [0.1, 0.15) is 23.8 Å². The van der Waals surface area contributed by atoms with Crippen LogP contribution in [0.15, 0.2) is 12.5 Å². The second-order valence-electron chi connectivity index (χ2n) is 3.96. The summed E-state index contributed by atoms with van der Waals surface area (Å²) in [7, 11) is 1.52. The van der Waals surface area contributed by atoms with Gasteiger partial charge in [0.25, 0.3) is 0 Å². The summed E-state index contributed by atoms with van der Waals surface area (Å²) in [6.45, 7) is 1.01. The predicted molar refractivity (Wildman–Crippen MR) is 65.0 cm³/mol. The zero-order chi connectivity index (χ0) is 13.8. The molecule has 1 aromatic rings. The molecule has 0 aromatic carbocycles. The number of nitrogens with zero attached hydrogens (tertiary/aromatic N) is 3. The summed E-state index contributed by atoms with van der Waals surface area (Å²) in [5.41, 5.74) is -0.0293. The summed E-state index contributed by atoms with van der Waals surface area (Å²) in [5.74, 6) is -1.13. The molecular formula is C11H14N4O4. The molecule has 1 aliphatic heterocycles. The molecule has 1 amide bonds. The Labute approximate surface area is 109 Å². The minimum Gasteiger partial charge on any atom is -0.477 e. The molecule has 2 heterocycles. The van der Waals surface area contributed by atoms with E-state index in [1.54, 1.807) is 4.90 Å². The lowest BCUT2D eigenvalue weighted by atomic mass is 10.2. The Hall–Kier alpha value is -2.22. The van der Waals surface area contributed by atoms with Crippen molar-refractivity contribution in [2.75, 3.05) is 31.7 Å². The van der Waals surface area contributed by atoms with Crippen LogP contribution in [-0.4, -0.2) is 59.8 Å². The van der Waals surface area contributed by atoms with Gasteiger partial charge in [-0.15, -0.1) is 0 Å². The number of carbonyl (C=O) groups is 2. The second kappa shape index (κ2) is 5.61. The molecule has 0 saturated carbocycles. The lowest BCUT2D eigenvalue weighted by Crippen LogP contribution is -2.54. The van der Waals surface area contributed by atoms with Gasteiger partial charge in [-0.05, 0) is 0 Å². The number of hydrogen-bond donors (Lipinski definition) is 2. The molecule has 0 radical (unpaired) electrons. The first-order valence-corrected chi connectivity index (χ1v) is 5.74. The number of ether oxygens (including phenoxy) is 1. The van der Waals surface area contributed by atoms with Crippen LogP contribution in [0.4, 0.5) is 5.82 Å². The van der Waals surface area contributed by atoms with E-state index in [-0.39, 0.29) is 23.9 Å². The van der Waals surface area contributed by atoms with E-state index in [1.165, 1.54) is 19.6 Å². The first kappa shape index (κ1) is 13.2. The summed E-state index contributed by atoms with van der Waals surface area (Å²) in [5, 5.41) is 11.7. The van der Waals surface area contributed by atoms with Gasteiger partial charge in [-0.1, -0.05) is 0 Å². The maximum absolute atomic E-state index is 11.8. The largest absolute Gasteiger partial charge is 0.477 e. The van der Waals surface area contributed by atoms with Crippen LogP contribution in [0.2, 0.25) is 0 Å². The number of carboxylic acids is 1. The van der Waals surface area contributed by atoms with Crippen molar-refractivity contribution in [2.45, 2.75) is 6.04 Å². The van der Waals surface area contributed by atoms with Crippen LogP contribution in [0, 0.1) is 0 Å². The van der Waals surface area contributed by atoms with Crippen molar-refractivity contribution in [1.82, 2.24) is 15.3 Å². The molecule has 102 valence electrons. The van der Waals surface area contributed by atoms with Gasteiger partial charge in [0.2, 0.25) is 5.91 Å². The van der Waals surface area contributed by atoms with Gasteiger partial charge >= 0.3 is 5.97 Å². The number of aromatic nitrogens is 2. The third-order valence-corrected chi connectivity index (χ3v) is 2.87. The fourth-order valence-electron chi connectivity index (χ4n) is 1.94. The van der Waals surface area contributed by atoms with Crippen molar-refractivity contribution in [3.8, 4) is 0 Å². The van der Waals surface area contributed by atoms with Gasteiger partial charge in [0, 0.05) is 19.8 Å². The van der Waals surface area contributed by atoms with Crippen LogP contribution in [0.5, 0.6) is 0 Å². The summed E-state index contributed by atoms with van der Waals surface area (Å²) >= 11 is 0. The minimum absolute atomic E-state index is 0.0293. The molecule has 1 aliphatic rings. The lowest BCUT2D eigenvalue weighted by Gasteiger charge is -2.35. The molecule has 1 atom stereocenters. The lowest BCUT2D eigenvalue weighted by molar-refractivity contribution is -0.124. The average molecular weight is 266 g/mol. The molecule has 1 unspecified atom stereocenters. The molecule has 8 nitrogen and oxygen atoms in total. The predicted octanol–water partition coefficient (Wildman–Crippen LogP) is -0.874. The van der Waals surface area contributed by atoms with Crippen LogP contribution >= 0.6 is 0 Å². The quantitative estimate of drug-likeness (QED) is 0.732. The van der Waals surface area contributed by atoms with E-state index in [2.05, 4.69) is 15.3 Å². The monoisotopic (exact) mass is 266 g/mol. The Balaban J connectivity index is 2.37. The van der Waals surface area contributed by atoms with Crippen LogP contribution in [0.1, 0.15) is 10.4 Å². The highest BCUT2D eigenvalue weighted by molar-refractivity contribution is 5.94. The van der Waals surface area contributed by atoms with Gasteiger partial charge in [-0.25, -0.2) is 14.8 Å². The van der Waals surface area contributed by atoms with Gasteiger partial charge in [0.05, 0.1) is 13.2 Å². The average Bonchev–Trinajstić information content (AvgIpc) is 2.46. The fraction of sp³-hybridized carbons (Fsp3) is 0.455. The fourth-order valence-corrected chi connectivity index (χ4v) is 1.94. The number of hydrogen-bond acceptors (Lipinski definition) is 6. The minimum atomic E-state index is -1.13. The van der Waals surface area contributed by atoms with E-state index < -0.39 is 12.0 Å². The molecule has 2 N–H and O–H groups in total. The Morgan fingerprint density at radius 2 is 2.37 bits per heavy atom. The number of amides is 1. The summed E-state index contributed by atoms with van der Waals surface area (Å²) in [4.78, 5) is 32.3. The summed E-state index contributed by atoms with van der Waals surface area (Å²) < 4.78 is 5.26. The van der Waals surface area contributed by atoms with E-state index in [9.17, 15) is 9.59 Å². The summed E-state index contributed by atoms with van der Waals surface area (Å²) in [6, 6.07) is -0.591. The normalized spacial score (nSPS) is 19.0. The molecule has 1 fully saturated rings. The molecule has 0 bridgehead atoms. The standard InChI is InChI=1S/C11H14N4O4/c1-12-10(16)8-5-19-3-2-15(8)9-7(11(17)18)4-13-6-14-9/h4,6,8H,2-3,5H2,1H3,(H,12,16)(H,17,18). The first-order valence-electron chi connectivity index (χ1n) is 5.74.